The lowest BCUT2D eigenvalue weighted by Crippen LogP contribution is -2.11. The van der Waals surface area contributed by atoms with Crippen LogP contribution in [0.5, 0.6) is 0 Å². The maximum Gasteiger partial charge on any atom is 0.271 e. The van der Waals surface area contributed by atoms with E-state index in [0.29, 0.717) is 9.90 Å². The highest BCUT2D eigenvalue weighted by atomic mass is 32.2. The smallest absolute Gasteiger partial charge is 0.271 e. The van der Waals surface area contributed by atoms with Gasteiger partial charge in [0.1, 0.15) is 4.21 Å². The third-order valence-electron chi connectivity index (χ3n) is 2.90. The molecule has 108 valence electrons. The normalized spacial score (nSPS) is 11.5. The third kappa shape index (κ3) is 2.98. The van der Waals surface area contributed by atoms with Crippen molar-refractivity contribution in [2.75, 3.05) is 4.72 Å². The summed E-state index contributed by atoms with van der Waals surface area (Å²) in [5.41, 5.74) is 3.27. The van der Waals surface area contributed by atoms with Gasteiger partial charge < -0.3 is 0 Å². The highest BCUT2D eigenvalue weighted by Gasteiger charge is 2.15. The first-order valence-electron chi connectivity index (χ1n) is 6.23. The molecule has 21 heavy (non-hydrogen) atoms. The topological polar surface area (TPSA) is 74.8 Å². The minimum Gasteiger partial charge on any atom is -0.282 e. The van der Waals surface area contributed by atoms with Crippen LogP contribution in [0.15, 0.2) is 52.1 Å². The van der Waals surface area contributed by atoms with E-state index in [9.17, 15) is 8.42 Å². The Bertz CT molecular complexity index is 835. The van der Waals surface area contributed by atoms with Gasteiger partial charge in [-0.05, 0) is 36.6 Å². The average molecular weight is 319 g/mol. The predicted molar refractivity (Wildman–Crippen MR) is 83.9 cm³/mol. The molecule has 0 fully saturated rings. The number of aromatic nitrogens is 2. The zero-order valence-corrected chi connectivity index (χ0v) is 12.8. The van der Waals surface area contributed by atoms with Crippen LogP contribution < -0.4 is 4.72 Å². The zero-order valence-electron chi connectivity index (χ0n) is 11.2. The summed E-state index contributed by atoms with van der Waals surface area (Å²) in [6.45, 7) is 1.93. The van der Waals surface area contributed by atoms with Crippen LogP contribution >= 0.6 is 11.3 Å². The van der Waals surface area contributed by atoms with Gasteiger partial charge in [-0.15, -0.1) is 11.3 Å². The van der Waals surface area contributed by atoms with Crippen LogP contribution in [-0.2, 0) is 10.0 Å². The predicted octanol–water partition coefficient (Wildman–Crippen LogP) is 3.25. The maximum absolute atomic E-state index is 12.1. The Hall–Kier alpha value is -2.12. The number of nitrogens with zero attached hydrogens (tertiary/aromatic N) is 1. The highest BCUT2D eigenvalue weighted by Crippen LogP contribution is 2.23. The Balaban J connectivity index is 1.82. The fraction of sp³-hybridized carbons (Fsp3) is 0.0714. The Morgan fingerprint density at radius 2 is 1.95 bits per heavy atom. The van der Waals surface area contributed by atoms with Gasteiger partial charge in [0.2, 0.25) is 0 Å². The number of H-pyrrole nitrogens is 1. The maximum atomic E-state index is 12.1. The van der Waals surface area contributed by atoms with E-state index in [2.05, 4.69) is 14.9 Å². The van der Waals surface area contributed by atoms with Gasteiger partial charge in [0.25, 0.3) is 10.0 Å². The summed E-state index contributed by atoms with van der Waals surface area (Å²) >= 11 is 1.19. The lowest BCUT2D eigenvalue weighted by Gasteiger charge is -2.06. The van der Waals surface area contributed by atoms with Gasteiger partial charge in [-0.25, -0.2) is 8.42 Å². The molecule has 0 atom stereocenters. The summed E-state index contributed by atoms with van der Waals surface area (Å²) in [6, 6.07) is 12.3. The molecule has 7 heteroatoms. The van der Waals surface area contributed by atoms with E-state index in [-0.39, 0.29) is 0 Å². The second-order valence-corrected chi connectivity index (χ2v) is 7.41. The lowest BCUT2D eigenvalue weighted by molar-refractivity contribution is 0.603. The summed E-state index contributed by atoms with van der Waals surface area (Å²) in [5.74, 6) is 0. The molecule has 0 unspecified atom stereocenters. The van der Waals surface area contributed by atoms with Crippen molar-refractivity contribution in [3.8, 4) is 11.3 Å². The van der Waals surface area contributed by atoms with Crippen molar-refractivity contribution < 1.29 is 8.42 Å². The highest BCUT2D eigenvalue weighted by molar-refractivity contribution is 7.94. The lowest BCUT2D eigenvalue weighted by atomic mass is 10.1. The fourth-order valence-electron chi connectivity index (χ4n) is 1.90. The summed E-state index contributed by atoms with van der Waals surface area (Å²) in [4.78, 5) is 0. The molecule has 2 heterocycles. The molecule has 3 aromatic rings. The molecule has 0 saturated heterocycles. The molecule has 0 amide bonds. The molecule has 0 aliphatic rings. The first-order valence-corrected chi connectivity index (χ1v) is 8.60. The Kier molecular flexibility index (Phi) is 3.52. The monoisotopic (exact) mass is 319 g/mol. The Labute approximate surface area is 126 Å². The van der Waals surface area contributed by atoms with Crippen molar-refractivity contribution in [1.82, 2.24) is 10.2 Å². The van der Waals surface area contributed by atoms with Crippen LogP contribution in [0.3, 0.4) is 0 Å². The quantitative estimate of drug-likeness (QED) is 0.775. The Morgan fingerprint density at radius 3 is 2.52 bits per heavy atom. The molecule has 0 aliphatic carbocycles. The van der Waals surface area contributed by atoms with Gasteiger partial charge in [0, 0.05) is 16.9 Å². The second kappa shape index (κ2) is 5.34. The van der Waals surface area contributed by atoms with E-state index in [1.165, 1.54) is 11.3 Å². The SMILES string of the molecule is Cc1cc(-c2ccc(NS(=O)(=O)c3cccs3)cc2)n[nH]1. The molecule has 0 bridgehead atoms. The third-order valence-corrected chi connectivity index (χ3v) is 5.68. The summed E-state index contributed by atoms with van der Waals surface area (Å²) in [5, 5.41) is 8.78. The first-order chi connectivity index (χ1) is 10.0. The molecule has 0 saturated carbocycles. The van der Waals surface area contributed by atoms with Gasteiger partial charge in [0.05, 0.1) is 5.69 Å². The van der Waals surface area contributed by atoms with Gasteiger partial charge in [-0.3, -0.25) is 9.82 Å². The second-order valence-electron chi connectivity index (χ2n) is 4.55. The molecule has 2 aromatic heterocycles. The molecule has 1 aromatic carbocycles. The summed E-state index contributed by atoms with van der Waals surface area (Å²) in [6.07, 6.45) is 0. The number of aryl methyl sites for hydroxylation is 1. The van der Waals surface area contributed by atoms with Crippen LogP contribution in [0.2, 0.25) is 0 Å². The number of anilines is 1. The van der Waals surface area contributed by atoms with Crippen LogP contribution in [0.25, 0.3) is 11.3 Å². The number of rotatable bonds is 4. The number of aromatic amines is 1. The summed E-state index contributed by atoms with van der Waals surface area (Å²) in [7, 11) is -3.50. The largest absolute Gasteiger partial charge is 0.282 e. The van der Waals surface area contributed by atoms with Crippen molar-refractivity contribution in [3.63, 3.8) is 0 Å². The van der Waals surface area contributed by atoms with Crippen LogP contribution in [0.4, 0.5) is 5.69 Å². The fourth-order valence-corrected chi connectivity index (χ4v) is 3.95. The molecule has 0 spiro atoms. The summed E-state index contributed by atoms with van der Waals surface area (Å²) < 4.78 is 27.1. The van der Waals surface area contributed by atoms with E-state index in [0.717, 1.165) is 17.0 Å². The number of hydrogen-bond acceptors (Lipinski definition) is 4. The zero-order chi connectivity index (χ0) is 14.9. The van der Waals surface area contributed by atoms with E-state index < -0.39 is 10.0 Å². The van der Waals surface area contributed by atoms with Crippen LogP contribution in [0, 0.1) is 6.92 Å². The van der Waals surface area contributed by atoms with Crippen LogP contribution in [-0.4, -0.2) is 18.6 Å². The number of sulfonamides is 1. The number of thiophene rings is 1. The van der Waals surface area contributed by atoms with E-state index >= 15 is 0 Å². The van der Waals surface area contributed by atoms with Crippen molar-refractivity contribution in [3.05, 3.63) is 53.5 Å². The number of benzene rings is 1. The van der Waals surface area contributed by atoms with E-state index in [1.54, 1.807) is 29.6 Å². The van der Waals surface area contributed by atoms with Crippen molar-refractivity contribution in [2.24, 2.45) is 0 Å². The molecule has 2 N–H and O–H groups in total. The van der Waals surface area contributed by atoms with Crippen molar-refractivity contribution in [2.45, 2.75) is 11.1 Å². The van der Waals surface area contributed by atoms with E-state index in [1.807, 2.05) is 25.1 Å². The minimum atomic E-state index is -3.50. The van der Waals surface area contributed by atoms with Gasteiger partial charge >= 0.3 is 0 Å². The number of hydrogen-bond donors (Lipinski definition) is 2. The van der Waals surface area contributed by atoms with E-state index in [4.69, 9.17) is 0 Å². The molecule has 5 nitrogen and oxygen atoms in total. The van der Waals surface area contributed by atoms with Gasteiger partial charge in [-0.1, -0.05) is 18.2 Å². The van der Waals surface area contributed by atoms with Gasteiger partial charge in [0.15, 0.2) is 0 Å². The number of nitrogens with one attached hydrogen (secondary N) is 2. The van der Waals surface area contributed by atoms with Crippen molar-refractivity contribution in [1.29, 1.82) is 0 Å². The molecule has 0 radical (unpaired) electrons. The molecule has 3 rings (SSSR count). The van der Waals surface area contributed by atoms with Crippen LogP contribution in [0.1, 0.15) is 5.69 Å². The first kappa shape index (κ1) is 13.8. The Morgan fingerprint density at radius 1 is 1.19 bits per heavy atom. The molecular weight excluding hydrogens is 306 g/mol. The minimum absolute atomic E-state index is 0.300. The molecule has 0 aliphatic heterocycles. The average Bonchev–Trinajstić information content (AvgIpc) is 3.10. The standard InChI is InChI=1S/C14H13N3O2S2/c1-10-9-13(16-15-10)11-4-6-12(7-5-11)17-21(18,19)14-3-2-8-20-14/h2-9,17H,1H3,(H,15,16). The van der Waals surface area contributed by atoms with Gasteiger partial charge in [-0.2, -0.15) is 5.10 Å². The molecular formula is C14H13N3O2S2. The van der Waals surface area contributed by atoms with Crippen molar-refractivity contribution >= 4 is 27.0 Å².